The molecule has 2 heterocycles. The van der Waals surface area contributed by atoms with Crippen LogP contribution < -0.4 is 5.32 Å². The zero-order chi connectivity index (χ0) is 18.7. The van der Waals surface area contributed by atoms with Gasteiger partial charge in [-0.05, 0) is 30.9 Å². The largest absolute Gasteiger partial charge is 0.352 e. The van der Waals surface area contributed by atoms with Gasteiger partial charge in [0.05, 0.1) is 10.9 Å². The van der Waals surface area contributed by atoms with E-state index in [1.165, 1.54) is 23.6 Å². The quantitative estimate of drug-likeness (QED) is 0.795. The van der Waals surface area contributed by atoms with Crippen LogP contribution in [-0.4, -0.2) is 62.3 Å². The van der Waals surface area contributed by atoms with E-state index in [9.17, 15) is 13.2 Å². The van der Waals surface area contributed by atoms with Gasteiger partial charge in [-0.1, -0.05) is 31.4 Å². The van der Waals surface area contributed by atoms with Gasteiger partial charge in [0, 0.05) is 32.2 Å². The second-order valence-electron chi connectivity index (χ2n) is 7.17. The van der Waals surface area contributed by atoms with Crippen molar-refractivity contribution in [2.75, 3.05) is 32.7 Å². The van der Waals surface area contributed by atoms with Crippen molar-refractivity contribution in [2.45, 2.75) is 42.9 Å². The summed E-state index contributed by atoms with van der Waals surface area (Å²) in [5, 5.41) is 3.16. The van der Waals surface area contributed by atoms with Gasteiger partial charge in [0.1, 0.15) is 4.21 Å². The van der Waals surface area contributed by atoms with Crippen molar-refractivity contribution in [3.8, 4) is 0 Å². The Morgan fingerprint density at radius 1 is 1.23 bits per heavy atom. The fraction of sp³-hybridized carbons (Fsp3) is 0.706. The zero-order valence-electron chi connectivity index (χ0n) is 15.0. The van der Waals surface area contributed by atoms with Gasteiger partial charge >= 0.3 is 0 Å². The van der Waals surface area contributed by atoms with Crippen LogP contribution in [0.15, 0.2) is 16.3 Å². The van der Waals surface area contributed by atoms with E-state index in [2.05, 4.69) is 12.2 Å². The molecular weight excluding hydrogens is 394 g/mol. The first-order valence-electron chi connectivity index (χ1n) is 9.13. The van der Waals surface area contributed by atoms with E-state index in [1.807, 2.05) is 4.90 Å². The average molecular weight is 420 g/mol. The summed E-state index contributed by atoms with van der Waals surface area (Å²) in [6, 6.07) is 3.43. The number of sulfonamides is 1. The first-order chi connectivity index (χ1) is 12.4. The Kier molecular flexibility index (Phi) is 6.61. The number of amides is 1. The lowest BCUT2D eigenvalue weighted by molar-refractivity contribution is -0.123. The van der Waals surface area contributed by atoms with Crippen LogP contribution in [0.2, 0.25) is 4.34 Å². The maximum Gasteiger partial charge on any atom is 0.252 e. The third-order valence-corrected chi connectivity index (χ3v) is 8.90. The number of thiophene rings is 1. The van der Waals surface area contributed by atoms with Crippen LogP contribution in [0.4, 0.5) is 0 Å². The van der Waals surface area contributed by atoms with Crippen molar-refractivity contribution in [3.63, 3.8) is 0 Å². The normalized spacial score (nSPS) is 25.9. The average Bonchev–Trinajstić information content (AvgIpc) is 3.05. The summed E-state index contributed by atoms with van der Waals surface area (Å²) < 4.78 is 27.4. The number of hydrogen-bond donors (Lipinski definition) is 1. The molecule has 2 atom stereocenters. The number of nitrogens with one attached hydrogen (secondary N) is 1. The van der Waals surface area contributed by atoms with E-state index in [4.69, 9.17) is 11.6 Å². The number of carbonyl (C=O) groups excluding carboxylic acids is 1. The molecule has 3 rings (SSSR count). The Hall–Kier alpha value is -0.670. The van der Waals surface area contributed by atoms with Crippen molar-refractivity contribution in [1.29, 1.82) is 0 Å². The molecular formula is C17H26ClN3O3S2. The molecule has 26 heavy (non-hydrogen) atoms. The van der Waals surface area contributed by atoms with Crippen LogP contribution in [0.1, 0.15) is 32.6 Å². The molecule has 0 aromatic carbocycles. The Bertz CT molecular complexity index is 729. The monoisotopic (exact) mass is 419 g/mol. The van der Waals surface area contributed by atoms with Gasteiger partial charge in [0.15, 0.2) is 0 Å². The van der Waals surface area contributed by atoms with Gasteiger partial charge < -0.3 is 5.32 Å². The highest BCUT2D eigenvalue weighted by Gasteiger charge is 2.30. The minimum absolute atomic E-state index is 0.0464. The van der Waals surface area contributed by atoms with E-state index in [0.717, 1.165) is 17.8 Å². The summed E-state index contributed by atoms with van der Waals surface area (Å²) >= 11 is 6.94. The molecule has 1 saturated heterocycles. The SMILES string of the molecule is C[C@@H]1CCCC[C@@H]1NC(=O)CN1CCN(S(=O)(=O)c2ccc(Cl)s2)CC1. The minimum atomic E-state index is -3.48. The summed E-state index contributed by atoms with van der Waals surface area (Å²) in [6.07, 6.45) is 4.66. The zero-order valence-corrected chi connectivity index (χ0v) is 17.4. The number of carbonyl (C=O) groups is 1. The molecule has 1 aromatic heterocycles. The molecule has 0 spiro atoms. The van der Waals surface area contributed by atoms with Crippen LogP contribution in [0, 0.1) is 5.92 Å². The highest BCUT2D eigenvalue weighted by atomic mass is 35.5. The van der Waals surface area contributed by atoms with Crippen molar-refractivity contribution in [1.82, 2.24) is 14.5 Å². The third-order valence-electron chi connectivity index (χ3n) is 5.30. The molecule has 6 nitrogen and oxygen atoms in total. The predicted octanol–water partition coefficient (Wildman–Crippen LogP) is 2.40. The van der Waals surface area contributed by atoms with E-state index in [1.54, 1.807) is 12.1 Å². The summed E-state index contributed by atoms with van der Waals surface area (Å²) in [6.45, 7) is 4.44. The highest BCUT2D eigenvalue weighted by Crippen LogP contribution is 2.28. The van der Waals surface area contributed by atoms with Crippen LogP contribution in [0.3, 0.4) is 0 Å². The minimum Gasteiger partial charge on any atom is -0.352 e. The maximum absolute atomic E-state index is 12.6. The van der Waals surface area contributed by atoms with Crippen LogP contribution in [0.5, 0.6) is 0 Å². The molecule has 146 valence electrons. The summed E-state index contributed by atoms with van der Waals surface area (Å²) in [4.78, 5) is 14.4. The molecule has 2 aliphatic rings. The fourth-order valence-electron chi connectivity index (χ4n) is 3.68. The molecule has 9 heteroatoms. The van der Waals surface area contributed by atoms with Crippen molar-refractivity contribution < 1.29 is 13.2 Å². The number of nitrogens with zero attached hydrogens (tertiary/aromatic N) is 2. The first-order valence-corrected chi connectivity index (χ1v) is 11.8. The van der Waals surface area contributed by atoms with Gasteiger partial charge in [-0.2, -0.15) is 4.31 Å². The lowest BCUT2D eigenvalue weighted by atomic mass is 9.86. The Labute approximate surface area is 164 Å². The highest BCUT2D eigenvalue weighted by molar-refractivity contribution is 7.91. The third kappa shape index (κ3) is 4.78. The topological polar surface area (TPSA) is 69.7 Å². The van der Waals surface area contributed by atoms with E-state index >= 15 is 0 Å². The van der Waals surface area contributed by atoms with Gasteiger partial charge in [-0.15, -0.1) is 11.3 Å². The predicted molar refractivity (Wildman–Crippen MR) is 104 cm³/mol. The molecule has 1 N–H and O–H groups in total. The smallest absolute Gasteiger partial charge is 0.252 e. The van der Waals surface area contributed by atoms with E-state index < -0.39 is 10.0 Å². The molecule has 0 bridgehead atoms. The van der Waals surface area contributed by atoms with Crippen molar-refractivity contribution in [2.24, 2.45) is 5.92 Å². The molecule has 1 aliphatic heterocycles. The van der Waals surface area contributed by atoms with Gasteiger partial charge in [0.25, 0.3) is 10.0 Å². The van der Waals surface area contributed by atoms with Crippen molar-refractivity contribution >= 4 is 38.9 Å². The van der Waals surface area contributed by atoms with Crippen LogP contribution >= 0.6 is 22.9 Å². The molecule has 1 amide bonds. The fourth-order valence-corrected chi connectivity index (χ4v) is 6.74. The lowest BCUT2D eigenvalue weighted by Gasteiger charge is -2.34. The molecule has 1 aromatic rings. The van der Waals surface area contributed by atoms with E-state index in [-0.39, 0.29) is 16.2 Å². The first kappa shape index (κ1) is 20.1. The Morgan fingerprint density at radius 2 is 1.92 bits per heavy atom. The van der Waals surface area contributed by atoms with Gasteiger partial charge in [0.2, 0.25) is 5.91 Å². The summed E-state index contributed by atoms with van der Waals surface area (Å²) in [5.74, 6) is 0.581. The Balaban J connectivity index is 1.48. The number of piperazine rings is 1. The number of hydrogen-bond acceptors (Lipinski definition) is 5. The number of rotatable bonds is 5. The summed E-state index contributed by atoms with van der Waals surface area (Å²) in [5.41, 5.74) is 0. The molecule has 0 unspecified atom stereocenters. The molecule has 1 saturated carbocycles. The van der Waals surface area contributed by atoms with Crippen LogP contribution in [-0.2, 0) is 14.8 Å². The number of halogens is 1. The van der Waals surface area contributed by atoms with Crippen LogP contribution in [0.25, 0.3) is 0 Å². The maximum atomic E-state index is 12.6. The summed E-state index contributed by atoms with van der Waals surface area (Å²) in [7, 11) is -3.48. The molecule has 1 aliphatic carbocycles. The molecule has 0 radical (unpaired) electrons. The van der Waals surface area contributed by atoms with Gasteiger partial charge in [-0.25, -0.2) is 8.42 Å². The Morgan fingerprint density at radius 3 is 2.54 bits per heavy atom. The molecule has 2 fully saturated rings. The van der Waals surface area contributed by atoms with E-state index in [0.29, 0.717) is 43.0 Å². The second kappa shape index (κ2) is 8.56. The standard InChI is InChI=1S/C17H26ClN3O3S2/c1-13-4-2-3-5-14(13)19-16(22)12-20-8-10-21(11-9-20)26(23,24)17-7-6-15(18)25-17/h6-7,13-14H,2-5,8-12H2,1H3,(H,19,22)/t13-,14+/m1/s1. The van der Waals surface area contributed by atoms with Gasteiger partial charge in [-0.3, -0.25) is 9.69 Å². The lowest BCUT2D eigenvalue weighted by Crippen LogP contribution is -2.52. The van der Waals surface area contributed by atoms with Crippen molar-refractivity contribution in [3.05, 3.63) is 16.5 Å². The second-order valence-corrected chi connectivity index (χ2v) is 11.1.